The van der Waals surface area contributed by atoms with Crippen molar-refractivity contribution in [2.45, 2.75) is 25.0 Å². The maximum atomic E-state index is 13.6. The number of imidazole rings is 1. The molecule has 0 spiro atoms. The number of aromatic amines is 1. The second kappa shape index (κ2) is 12.6. The number of aromatic nitrogens is 7. The van der Waals surface area contributed by atoms with E-state index in [-0.39, 0.29) is 21.6 Å². The summed E-state index contributed by atoms with van der Waals surface area (Å²) in [5.41, 5.74) is 3.29. The number of H-pyrrole nitrogens is 1. The number of hydrogen-bond acceptors (Lipinski definition) is 8. The minimum Gasteiger partial charge on any atom is -0.479 e. The zero-order valence-corrected chi connectivity index (χ0v) is 26.0. The largest absolute Gasteiger partial charge is 0.479 e. The monoisotopic (exact) mass is 684 g/mol. The Hall–Kier alpha value is -4.76. The molecule has 5 aromatic rings. The number of benzene rings is 1. The van der Waals surface area contributed by atoms with Gasteiger partial charge < -0.3 is 24.5 Å². The van der Waals surface area contributed by atoms with Crippen LogP contribution in [0.1, 0.15) is 24.0 Å². The number of anilines is 1. The van der Waals surface area contributed by atoms with Crippen LogP contribution in [-0.4, -0.2) is 76.5 Å². The normalized spacial score (nSPS) is 14.7. The van der Waals surface area contributed by atoms with Crippen molar-refractivity contribution in [2.75, 3.05) is 18.6 Å². The Morgan fingerprint density at radius 2 is 1.96 bits per heavy atom. The van der Waals surface area contributed by atoms with E-state index in [1.165, 1.54) is 36.2 Å². The standard InChI is InChI=1S/C29H23Cl3N8O6/c1-46-22(28(42)43)12-38(29(44)45)17-3-5-19(33-11-17)25-26(32)35-27(34-25)21-7-4-16-8-14(9-24(41)40(16)21)18-10-15(30)2-6-20(18)39-13-23(31)36-37-39/h2-3,5-6,8-11,13,21-22H,4,7,12H2,1H3,(H,34,35)(H,42,43)(H,44,45)/t21-,22?/m0/s1. The highest BCUT2D eigenvalue weighted by molar-refractivity contribution is 6.32. The second-order valence-electron chi connectivity index (χ2n) is 10.3. The number of nitrogens with one attached hydrogen (secondary N) is 1. The summed E-state index contributed by atoms with van der Waals surface area (Å²) >= 11 is 18.8. The molecular weight excluding hydrogens is 663 g/mol. The lowest BCUT2D eigenvalue weighted by molar-refractivity contribution is -0.147. The molecule has 4 aromatic heterocycles. The van der Waals surface area contributed by atoms with Crippen LogP contribution in [0.2, 0.25) is 15.3 Å². The van der Waals surface area contributed by atoms with Crippen LogP contribution in [-0.2, 0) is 16.0 Å². The topological polar surface area (TPSA) is 181 Å². The zero-order chi connectivity index (χ0) is 32.7. The summed E-state index contributed by atoms with van der Waals surface area (Å²) < 4.78 is 8.05. The number of halogens is 3. The van der Waals surface area contributed by atoms with Crippen molar-refractivity contribution in [1.82, 2.24) is 34.5 Å². The highest BCUT2D eigenvalue weighted by Crippen LogP contribution is 2.36. The van der Waals surface area contributed by atoms with Crippen molar-refractivity contribution in [2.24, 2.45) is 0 Å². The van der Waals surface area contributed by atoms with Crippen LogP contribution in [0, 0.1) is 0 Å². The van der Waals surface area contributed by atoms with Gasteiger partial charge in [0.1, 0.15) is 16.7 Å². The Morgan fingerprint density at radius 3 is 2.61 bits per heavy atom. The van der Waals surface area contributed by atoms with E-state index in [2.05, 4.69) is 25.3 Å². The summed E-state index contributed by atoms with van der Waals surface area (Å²) in [7, 11) is 1.18. The van der Waals surface area contributed by atoms with E-state index in [4.69, 9.17) is 39.5 Å². The zero-order valence-electron chi connectivity index (χ0n) is 23.8. The fraction of sp³-hybridized carbons (Fsp3) is 0.207. The molecule has 14 nitrogen and oxygen atoms in total. The lowest BCUT2D eigenvalue weighted by Crippen LogP contribution is -2.41. The van der Waals surface area contributed by atoms with E-state index < -0.39 is 30.8 Å². The summed E-state index contributed by atoms with van der Waals surface area (Å²) in [5.74, 6) is -0.846. The van der Waals surface area contributed by atoms with Crippen molar-refractivity contribution < 1.29 is 24.5 Å². The van der Waals surface area contributed by atoms with Crippen molar-refractivity contribution in [1.29, 1.82) is 0 Å². The molecule has 0 bridgehead atoms. The van der Waals surface area contributed by atoms with E-state index >= 15 is 0 Å². The highest BCUT2D eigenvalue weighted by atomic mass is 35.5. The molecule has 0 fully saturated rings. The smallest absolute Gasteiger partial charge is 0.411 e. The van der Waals surface area contributed by atoms with E-state index in [1.807, 2.05) is 6.07 Å². The van der Waals surface area contributed by atoms with Crippen LogP contribution in [0.25, 0.3) is 28.2 Å². The van der Waals surface area contributed by atoms with E-state index in [1.54, 1.807) is 29.0 Å². The van der Waals surface area contributed by atoms with Crippen LogP contribution in [0.5, 0.6) is 0 Å². The number of ether oxygens (including phenoxy) is 1. The predicted octanol–water partition coefficient (Wildman–Crippen LogP) is 4.96. The predicted molar refractivity (Wildman–Crippen MR) is 168 cm³/mol. The first-order chi connectivity index (χ1) is 22.0. The quantitative estimate of drug-likeness (QED) is 0.192. The molecule has 1 aromatic carbocycles. The number of fused-ring (bicyclic) bond motifs is 1. The Balaban J connectivity index is 1.29. The molecule has 1 unspecified atom stereocenters. The average Bonchev–Trinajstić information content (AvgIpc) is 3.75. The van der Waals surface area contributed by atoms with Gasteiger partial charge >= 0.3 is 12.1 Å². The third-order valence-electron chi connectivity index (χ3n) is 7.55. The van der Waals surface area contributed by atoms with Crippen molar-refractivity contribution in [3.8, 4) is 28.2 Å². The molecule has 46 heavy (non-hydrogen) atoms. The number of nitrogens with zero attached hydrogens (tertiary/aromatic N) is 7. The average molecular weight is 686 g/mol. The van der Waals surface area contributed by atoms with Gasteiger partial charge in [0.05, 0.1) is 42.0 Å². The molecule has 0 aliphatic carbocycles. The van der Waals surface area contributed by atoms with E-state index in [0.717, 1.165) is 10.6 Å². The first-order valence-corrected chi connectivity index (χ1v) is 14.8. The van der Waals surface area contributed by atoms with Crippen LogP contribution >= 0.6 is 34.8 Å². The number of methoxy groups -OCH3 is 1. The summed E-state index contributed by atoms with van der Waals surface area (Å²) in [6, 6.07) is 11.2. The van der Waals surface area contributed by atoms with E-state index in [0.29, 0.717) is 51.9 Å². The van der Waals surface area contributed by atoms with Gasteiger partial charge in [0.15, 0.2) is 11.3 Å². The SMILES string of the molecule is COC(CN(C(=O)O)c1ccc(-c2nc([C@@H]3CCc4cc(-c5cc(Cl)ccc5-n5cc(Cl)nn5)cc(=O)n43)[nH]c2Cl)nc1)C(=O)O. The highest BCUT2D eigenvalue weighted by Gasteiger charge is 2.30. The molecule has 1 aliphatic heterocycles. The number of aliphatic carboxylic acids is 1. The molecule has 236 valence electrons. The van der Waals surface area contributed by atoms with Gasteiger partial charge in [0.25, 0.3) is 5.56 Å². The molecule has 1 amide bonds. The van der Waals surface area contributed by atoms with Gasteiger partial charge in [-0.3, -0.25) is 14.7 Å². The molecule has 17 heteroatoms. The van der Waals surface area contributed by atoms with Crippen molar-refractivity contribution in [3.63, 3.8) is 0 Å². The first kappa shape index (κ1) is 31.2. The van der Waals surface area contributed by atoms with Gasteiger partial charge in [-0.2, -0.15) is 0 Å². The Kier molecular flexibility index (Phi) is 8.53. The number of rotatable bonds is 9. The number of amides is 1. The van der Waals surface area contributed by atoms with Gasteiger partial charge in [-0.1, -0.05) is 40.0 Å². The van der Waals surface area contributed by atoms with Gasteiger partial charge in [-0.25, -0.2) is 19.3 Å². The fourth-order valence-corrected chi connectivity index (χ4v) is 5.94. The van der Waals surface area contributed by atoms with Crippen LogP contribution in [0.15, 0.2) is 59.7 Å². The molecule has 2 atom stereocenters. The first-order valence-electron chi connectivity index (χ1n) is 13.7. The number of carboxylic acids is 1. The number of hydrogen-bond donors (Lipinski definition) is 3. The van der Waals surface area contributed by atoms with Crippen molar-refractivity contribution in [3.05, 3.63) is 92.1 Å². The molecule has 0 saturated carbocycles. The van der Waals surface area contributed by atoms with Crippen molar-refractivity contribution >= 4 is 52.6 Å². The van der Waals surface area contributed by atoms with E-state index in [9.17, 15) is 24.6 Å². The summed E-state index contributed by atoms with van der Waals surface area (Å²) in [6.45, 7) is -0.444. The Bertz CT molecular complexity index is 2030. The van der Waals surface area contributed by atoms with Gasteiger partial charge in [-0.05, 0) is 54.8 Å². The number of aryl methyl sites for hydroxylation is 1. The molecule has 0 saturated heterocycles. The van der Waals surface area contributed by atoms with Crippen LogP contribution in [0.4, 0.5) is 10.5 Å². The number of carboxylic acid groups (broad SMARTS) is 2. The summed E-state index contributed by atoms with van der Waals surface area (Å²) in [5, 5.41) is 27.7. The molecule has 0 radical (unpaired) electrons. The van der Waals surface area contributed by atoms with Crippen LogP contribution < -0.4 is 10.5 Å². The lowest BCUT2D eigenvalue weighted by atomic mass is 10.0. The molecule has 1 aliphatic rings. The molecule has 6 rings (SSSR count). The van der Waals surface area contributed by atoms with Gasteiger partial charge in [0, 0.05) is 29.5 Å². The Morgan fingerprint density at radius 1 is 1.15 bits per heavy atom. The molecular formula is C29H23Cl3N8O6. The van der Waals surface area contributed by atoms with Crippen LogP contribution in [0.3, 0.4) is 0 Å². The third kappa shape index (κ3) is 5.95. The van der Waals surface area contributed by atoms with Gasteiger partial charge in [-0.15, -0.1) is 5.10 Å². The number of carbonyl (C=O) groups is 2. The fourth-order valence-electron chi connectivity index (χ4n) is 5.41. The maximum Gasteiger partial charge on any atom is 0.411 e. The molecule has 5 heterocycles. The summed E-state index contributed by atoms with van der Waals surface area (Å²) in [4.78, 5) is 49.6. The summed E-state index contributed by atoms with van der Waals surface area (Å²) in [6.07, 6.45) is 1.26. The maximum absolute atomic E-state index is 13.6. The second-order valence-corrected chi connectivity index (χ2v) is 11.5. The Labute approximate surface area is 274 Å². The number of pyridine rings is 2. The minimum atomic E-state index is -1.37. The minimum absolute atomic E-state index is 0.133. The van der Waals surface area contributed by atoms with Gasteiger partial charge in [0.2, 0.25) is 0 Å². The molecule has 3 N–H and O–H groups in total. The third-order valence-corrected chi connectivity index (χ3v) is 8.23. The lowest BCUT2D eigenvalue weighted by Gasteiger charge is -2.22.